The number of anilines is 1. The van der Waals surface area contributed by atoms with E-state index in [9.17, 15) is 18.0 Å². The van der Waals surface area contributed by atoms with Crippen LogP contribution in [-0.4, -0.2) is 49.5 Å². The van der Waals surface area contributed by atoms with Gasteiger partial charge in [0, 0.05) is 31.5 Å². The lowest BCUT2D eigenvalue weighted by atomic mass is 10.00. The van der Waals surface area contributed by atoms with Crippen LogP contribution in [0.1, 0.15) is 50.3 Å². The van der Waals surface area contributed by atoms with E-state index < -0.39 is 21.6 Å². The molecule has 0 saturated carbocycles. The maximum absolute atomic E-state index is 14.0. The van der Waals surface area contributed by atoms with Gasteiger partial charge in [0.15, 0.2) is 0 Å². The van der Waals surface area contributed by atoms with Crippen molar-refractivity contribution in [1.82, 2.24) is 10.2 Å². The molecular formula is C32H39Cl2N3O4S. The monoisotopic (exact) mass is 631 g/mol. The molecule has 0 radical (unpaired) electrons. The summed E-state index contributed by atoms with van der Waals surface area (Å²) in [5.74, 6) is -0.554. The molecule has 226 valence electrons. The lowest BCUT2D eigenvalue weighted by Gasteiger charge is -2.34. The fraction of sp³-hybridized carbons (Fsp3) is 0.375. The summed E-state index contributed by atoms with van der Waals surface area (Å²) in [5.41, 5.74) is 2.50. The molecule has 42 heavy (non-hydrogen) atoms. The van der Waals surface area contributed by atoms with Crippen LogP contribution in [0.15, 0.2) is 72.8 Å². The number of hydrogen-bond donors (Lipinski definition) is 1. The molecule has 2 amide bonds. The molecule has 0 unspecified atom stereocenters. The number of hydrogen-bond acceptors (Lipinski definition) is 4. The van der Waals surface area contributed by atoms with E-state index in [0.717, 1.165) is 22.9 Å². The number of carbonyl (C=O) groups excluding carboxylic acids is 2. The summed E-state index contributed by atoms with van der Waals surface area (Å²) < 4.78 is 26.7. The van der Waals surface area contributed by atoms with Crippen molar-refractivity contribution in [3.05, 3.63) is 99.5 Å². The van der Waals surface area contributed by atoms with Crippen molar-refractivity contribution in [1.29, 1.82) is 0 Å². The highest BCUT2D eigenvalue weighted by atomic mass is 35.5. The quantitative estimate of drug-likeness (QED) is 0.250. The Labute approximate surface area is 259 Å². The van der Waals surface area contributed by atoms with Gasteiger partial charge in [0.1, 0.15) is 6.04 Å². The van der Waals surface area contributed by atoms with Crippen molar-refractivity contribution in [2.75, 3.05) is 17.1 Å². The van der Waals surface area contributed by atoms with E-state index in [0.29, 0.717) is 22.2 Å². The van der Waals surface area contributed by atoms with E-state index in [-0.39, 0.29) is 37.7 Å². The Bertz CT molecular complexity index is 1490. The smallest absolute Gasteiger partial charge is 0.243 e. The Hall–Kier alpha value is -3.07. The van der Waals surface area contributed by atoms with Gasteiger partial charge in [-0.3, -0.25) is 13.9 Å². The third kappa shape index (κ3) is 9.75. The summed E-state index contributed by atoms with van der Waals surface area (Å²) in [6.45, 7) is 7.76. The number of benzene rings is 3. The molecule has 0 bridgehead atoms. The first-order chi connectivity index (χ1) is 19.7. The molecule has 3 aromatic rings. The van der Waals surface area contributed by atoms with Crippen molar-refractivity contribution >= 4 is 50.7 Å². The van der Waals surface area contributed by atoms with Gasteiger partial charge >= 0.3 is 0 Å². The second kappa shape index (κ2) is 14.4. The van der Waals surface area contributed by atoms with Crippen molar-refractivity contribution in [2.24, 2.45) is 0 Å². The fourth-order valence-corrected chi connectivity index (χ4v) is 6.01. The van der Waals surface area contributed by atoms with Crippen LogP contribution < -0.4 is 9.62 Å². The molecule has 0 fully saturated rings. The number of amides is 2. The van der Waals surface area contributed by atoms with Crippen LogP contribution in [-0.2, 0) is 32.6 Å². The van der Waals surface area contributed by atoms with Gasteiger partial charge in [0.25, 0.3) is 0 Å². The number of halogens is 2. The summed E-state index contributed by atoms with van der Waals surface area (Å²) in [6, 6.07) is 21.1. The maximum atomic E-state index is 14.0. The first-order valence-corrected chi connectivity index (χ1v) is 16.4. The average Bonchev–Trinajstić information content (AvgIpc) is 2.90. The Kier molecular flexibility index (Phi) is 11.5. The van der Waals surface area contributed by atoms with Gasteiger partial charge in [-0.05, 0) is 69.0 Å². The van der Waals surface area contributed by atoms with Crippen molar-refractivity contribution in [2.45, 2.75) is 65.1 Å². The van der Waals surface area contributed by atoms with E-state index in [4.69, 9.17) is 23.2 Å². The summed E-state index contributed by atoms with van der Waals surface area (Å²) in [6.07, 6.45) is 1.75. The average molecular weight is 633 g/mol. The Balaban J connectivity index is 1.93. The van der Waals surface area contributed by atoms with Gasteiger partial charge in [-0.1, -0.05) is 77.8 Å². The van der Waals surface area contributed by atoms with Gasteiger partial charge in [0.2, 0.25) is 21.8 Å². The zero-order valence-corrected chi connectivity index (χ0v) is 27.1. The van der Waals surface area contributed by atoms with E-state index >= 15 is 0 Å². The Morgan fingerprint density at radius 3 is 2.14 bits per heavy atom. The highest BCUT2D eigenvalue weighted by Gasteiger charge is 2.32. The molecule has 0 saturated heterocycles. The predicted molar refractivity (Wildman–Crippen MR) is 171 cm³/mol. The topological polar surface area (TPSA) is 86.8 Å². The molecule has 1 atom stereocenters. The van der Waals surface area contributed by atoms with Crippen LogP contribution in [0.3, 0.4) is 0 Å². The Morgan fingerprint density at radius 1 is 0.905 bits per heavy atom. The van der Waals surface area contributed by atoms with Crippen molar-refractivity contribution < 1.29 is 18.0 Å². The van der Waals surface area contributed by atoms with Crippen LogP contribution in [0.25, 0.3) is 0 Å². The highest BCUT2D eigenvalue weighted by Crippen LogP contribution is 2.26. The highest BCUT2D eigenvalue weighted by molar-refractivity contribution is 7.92. The first kappa shape index (κ1) is 33.4. The zero-order valence-electron chi connectivity index (χ0n) is 24.7. The van der Waals surface area contributed by atoms with Gasteiger partial charge in [-0.2, -0.15) is 0 Å². The summed E-state index contributed by atoms with van der Waals surface area (Å²) in [4.78, 5) is 29.2. The number of rotatable bonds is 12. The molecule has 0 aromatic heterocycles. The van der Waals surface area contributed by atoms with Crippen LogP contribution in [0.2, 0.25) is 10.0 Å². The number of nitrogens with one attached hydrogen (secondary N) is 1. The molecule has 7 nitrogen and oxygen atoms in total. The summed E-state index contributed by atoms with van der Waals surface area (Å²) in [5, 5.41) is 3.78. The van der Waals surface area contributed by atoms with E-state index in [1.165, 1.54) is 4.31 Å². The predicted octanol–water partition coefficient (Wildman–Crippen LogP) is 6.40. The minimum absolute atomic E-state index is 0.0350. The van der Waals surface area contributed by atoms with E-state index in [1.807, 2.05) is 70.2 Å². The largest absolute Gasteiger partial charge is 0.350 e. The van der Waals surface area contributed by atoms with Crippen molar-refractivity contribution in [3.8, 4) is 0 Å². The molecule has 3 rings (SSSR count). The molecule has 0 aliphatic carbocycles. The van der Waals surface area contributed by atoms with Gasteiger partial charge in [-0.25, -0.2) is 8.42 Å². The SMILES string of the molecule is Cc1ccccc1N(CCCC(=O)N(Cc1ccc(Cl)c(Cl)c1)[C@@H](Cc1ccccc1)C(=O)NC(C)(C)C)S(C)(=O)=O. The molecule has 0 aliphatic heterocycles. The molecule has 0 aliphatic rings. The zero-order chi connectivity index (χ0) is 31.1. The third-order valence-electron chi connectivity index (χ3n) is 6.64. The van der Waals surface area contributed by atoms with Gasteiger partial charge < -0.3 is 10.2 Å². The lowest BCUT2D eigenvalue weighted by Crippen LogP contribution is -2.54. The van der Waals surface area contributed by atoms with E-state index in [2.05, 4.69) is 5.32 Å². The minimum Gasteiger partial charge on any atom is -0.350 e. The molecule has 0 heterocycles. The molecule has 1 N–H and O–H groups in total. The number of aryl methyl sites for hydroxylation is 1. The summed E-state index contributed by atoms with van der Waals surface area (Å²) >= 11 is 12.4. The van der Waals surface area contributed by atoms with Gasteiger partial charge in [0.05, 0.1) is 22.0 Å². The van der Waals surface area contributed by atoms with Gasteiger partial charge in [-0.15, -0.1) is 0 Å². The summed E-state index contributed by atoms with van der Waals surface area (Å²) in [7, 11) is -3.59. The standard InChI is InChI=1S/C32H39Cl2N3O4S/c1-23-12-9-10-15-28(23)37(42(5,40)41)19-11-16-30(38)36(22-25-17-18-26(33)27(34)20-25)29(31(39)35-32(2,3)4)21-24-13-7-6-8-14-24/h6-10,12-15,17-18,20,29H,11,16,19,21-22H2,1-5H3,(H,35,39)/t29-/m0/s1. The Morgan fingerprint density at radius 2 is 1.55 bits per heavy atom. The van der Waals surface area contributed by atoms with Crippen LogP contribution in [0.5, 0.6) is 0 Å². The lowest BCUT2D eigenvalue weighted by molar-refractivity contribution is -0.142. The van der Waals surface area contributed by atoms with E-state index in [1.54, 1.807) is 35.2 Å². The van der Waals surface area contributed by atoms with Crippen LogP contribution in [0.4, 0.5) is 5.69 Å². The van der Waals surface area contributed by atoms with Crippen LogP contribution in [0, 0.1) is 6.92 Å². The third-order valence-corrected chi connectivity index (χ3v) is 8.56. The second-order valence-corrected chi connectivity index (χ2v) is 14.2. The number of nitrogens with zero attached hydrogens (tertiary/aromatic N) is 2. The van der Waals surface area contributed by atoms with Crippen LogP contribution >= 0.6 is 23.2 Å². The minimum atomic E-state index is -3.59. The number of para-hydroxylation sites is 1. The second-order valence-electron chi connectivity index (χ2n) is 11.4. The molecule has 3 aromatic carbocycles. The fourth-order valence-electron chi connectivity index (χ4n) is 4.67. The maximum Gasteiger partial charge on any atom is 0.243 e. The number of sulfonamides is 1. The normalized spacial score (nSPS) is 12.5. The number of carbonyl (C=O) groups is 2. The first-order valence-electron chi connectivity index (χ1n) is 13.8. The van der Waals surface area contributed by atoms with Crippen molar-refractivity contribution in [3.63, 3.8) is 0 Å². The molecular weight excluding hydrogens is 593 g/mol. The molecule has 10 heteroatoms. The molecule has 0 spiro atoms.